The highest BCUT2D eigenvalue weighted by Crippen LogP contribution is 2.63. The second-order valence-corrected chi connectivity index (χ2v) is 6.95. The fourth-order valence-electron chi connectivity index (χ4n) is 5.21. The lowest BCUT2D eigenvalue weighted by Crippen LogP contribution is -2.56. The molecule has 100 valence electrons. The molecule has 0 amide bonds. The molecule has 2 nitrogen and oxygen atoms in total. The first kappa shape index (κ1) is 12.3. The lowest BCUT2D eigenvalue weighted by atomic mass is 9.44. The van der Waals surface area contributed by atoms with Crippen LogP contribution in [0.3, 0.4) is 0 Å². The summed E-state index contributed by atoms with van der Waals surface area (Å²) in [6.07, 6.45) is 8.22. The van der Waals surface area contributed by atoms with Gasteiger partial charge in [0, 0.05) is 11.5 Å². The third-order valence-corrected chi connectivity index (χ3v) is 6.23. The topological polar surface area (TPSA) is 26.3 Å². The summed E-state index contributed by atoms with van der Waals surface area (Å²) in [6, 6.07) is 0. The Kier molecular flexibility index (Phi) is 2.80. The van der Waals surface area contributed by atoms with E-state index in [4.69, 9.17) is 4.74 Å². The van der Waals surface area contributed by atoms with Gasteiger partial charge in [-0.25, -0.2) is 4.79 Å². The van der Waals surface area contributed by atoms with Crippen molar-refractivity contribution in [3.8, 4) is 0 Å². The number of esters is 1. The van der Waals surface area contributed by atoms with E-state index in [-0.39, 0.29) is 17.5 Å². The van der Waals surface area contributed by atoms with E-state index < -0.39 is 0 Å². The van der Waals surface area contributed by atoms with E-state index in [1.54, 1.807) is 0 Å². The highest BCUT2D eigenvalue weighted by atomic mass is 16.5. The van der Waals surface area contributed by atoms with Crippen LogP contribution in [0.5, 0.6) is 0 Å². The molecule has 4 saturated carbocycles. The Morgan fingerprint density at radius 1 is 1.22 bits per heavy atom. The quantitative estimate of drug-likeness (QED) is 0.564. The van der Waals surface area contributed by atoms with Gasteiger partial charge in [0.05, 0.1) is 0 Å². The molecular formula is C16H24O2. The number of carbonyl (C=O) groups excluding carboxylic acids is 1. The molecule has 4 aliphatic carbocycles. The van der Waals surface area contributed by atoms with E-state index in [2.05, 4.69) is 20.4 Å². The molecule has 2 heteroatoms. The Balaban J connectivity index is 1.81. The third kappa shape index (κ3) is 1.64. The molecule has 0 saturated heterocycles. The summed E-state index contributed by atoms with van der Waals surface area (Å²) in [5, 5.41) is 0. The summed E-state index contributed by atoms with van der Waals surface area (Å²) < 4.78 is 5.57. The van der Waals surface area contributed by atoms with E-state index in [0.29, 0.717) is 0 Å². The maximum Gasteiger partial charge on any atom is 0.330 e. The fraction of sp³-hybridized carbons (Fsp3) is 0.812. The van der Waals surface area contributed by atoms with E-state index >= 15 is 0 Å². The second-order valence-electron chi connectivity index (χ2n) is 6.95. The van der Waals surface area contributed by atoms with Gasteiger partial charge in [-0.2, -0.15) is 0 Å². The van der Waals surface area contributed by atoms with Crippen LogP contribution in [0, 0.1) is 29.1 Å². The third-order valence-electron chi connectivity index (χ3n) is 6.23. The molecule has 4 aliphatic rings. The largest absolute Gasteiger partial charge is 0.459 e. The van der Waals surface area contributed by atoms with Crippen molar-refractivity contribution in [2.75, 3.05) is 0 Å². The molecule has 18 heavy (non-hydrogen) atoms. The van der Waals surface area contributed by atoms with Crippen molar-refractivity contribution in [1.82, 2.24) is 0 Å². The molecule has 4 bridgehead atoms. The summed E-state index contributed by atoms with van der Waals surface area (Å²) in [5.74, 6) is 3.19. The van der Waals surface area contributed by atoms with Gasteiger partial charge in [-0.05, 0) is 62.7 Å². The van der Waals surface area contributed by atoms with Gasteiger partial charge in [-0.1, -0.05) is 13.5 Å². The van der Waals surface area contributed by atoms with Crippen LogP contribution in [0.4, 0.5) is 0 Å². The minimum Gasteiger partial charge on any atom is -0.459 e. The fourth-order valence-corrected chi connectivity index (χ4v) is 5.21. The summed E-state index contributed by atoms with van der Waals surface area (Å²) in [4.78, 5) is 11.5. The zero-order valence-corrected chi connectivity index (χ0v) is 11.5. The van der Waals surface area contributed by atoms with Crippen molar-refractivity contribution >= 4 is 5.97 Å². The Bertz CT molecular complexity index is 343. The summed E-state index contributed by atoms with van der Waals surface area (Å²) >= 11 is 0. The second kappa shape index (κ2) is 4.11. The minimum absolute atomic E-state index is 0.0259. The Labute approximate surface area is 110 Å². The minimum atomic E-state index is -0.266. The molecule has 4 fully saturated rings. The lowest BCUT2D eigenvalue weighted by molar-refractivity contribution is -0.178. The molecule has 0 aromatic rings. The van der Waals surface area contributed by atoms with Crippen LogP contribution in [0.1, 0.15) is 46.0 Å². The summed E-state index contributed by atoms with van der Waals surface area (Å²) in [7, 11) is 0. The number of hydrogen-bond donors (Lipinski definition) is 0. The Morgan fingerprint density at radius 2 is 1.72 bits per heavy atom. The molecule has 4 rings (SSSR count). The molecule has 0 N–H and O–H groups in total. The normalized spacial score (nSPS) is 46.8. The molecule has 0 heterocycles. The molecule has 1 unspecified atom stereocenters. The standard InChI is InChI=1S/C16H24O2/c1-4-15(17)18-10(2)16(3)13-6-11-5-12(8-13)9-14(16)7-11/h4,10-14H,1,5-9H2,2-3H3. The van der Waals surface area contributed by atoms with Gasteiger partial charge in [0.1, 0.15) is 6.10 Å². The van der Waals surface area contributed by atoms with Crippen molar-refractivity contribution in [3.05, 3.63) is 12.7 Å². The van der Waals surface area contributed by atoms with Gasteiger partial charge in [-0.15, -0.1) is 0 Å². The van der Waals surface area contributed by atoms with Crippen LogP contribution in [0.25, 0.3) is 0 Å². The number of ether oxygens (including phenoxy) is 1. The average molecular weight is 248 g/mol. The van der Waals surface area contributed by atoms with Crippen molar-refractivity contribution < 1.29 is 9.53 Å². The van der Waals surface area contributed by atoms with Crippen LogP contribution in [0.15, 0.2) is 12.7 Å². The van der Waals surface area contributed by atoms with Gasteiger partial charge >= 0.3 is 5.97 Å². The Morgan fingerprint density at radius 3 is 2.17 bits per heavy atom. The first-order valence-electron chi connectivity index (χ1n) is 7.37. The van der Waals surface area contributed by atoms with Crippen LogP contribution in [-0.4, -0.2) is 12.1 Å². The summed E-state index contributed by atoms with van der Waals surface area (Å²) in [5.41, 5.74) is 0.200. The molecule has 0 radical (unpaired) electrons. The zero-order valence-electron chi connectivity index (χ0n) is 11.5. The van der Waals surface area contributed by atoms with Gasteiger partial charge in [0.2, 0.25) is 0 Å². The predicted molar refractivity (Wildman–Crippen MR) is 70.9 cm³/mol. The molecule has 0 spiro atoms. The SMILES string of the molecule is C=CC(=O)OC(C)C1(C)C2CC3CC(C2)CC1C3. The monoisotopic (exact) mass is 248 g/mol. The number of carbonyl (C=O) groups is 1. The van der Waals surface area contributed by atoms with E-state index in [9.17, 15) is 4.79 Å². The van der Waals surface area contributed by atoms with Crippen molar-refractivity contribution in [2.45, 2.75) is 52.1 Å². The number of rotatable bonds is 3. The lowest BCUT2D eigenvalue weighted by Gasteiger charge is -2.61. The average Bonchev–Trinajstić information content (AvgIpc) is 2.34. The molecule has 0 aromatic carbocycles. The van der Waals surface area contributed by atoms with Crippen molar-refractivity contribution in [1.29, 1.82) is 0 Å². The molecule has 0 aromatic heterocycles. The molecule has 1 atom stereocenters. The van der Waals surface area contributed by atoms with Crippen LogP contribution in [-0.2, 0) is 9.53 Å². The first-order valence-corrected chi connectivity index (χ1v) is 7.37. The van der Waals surface area contributed by atoms with Gasteiger partial charge in [-0.3, -0.25) is 0 Å². The predicted octanol–water partition coefficient (Wildman–Crippen LogP) is 3.57. The van der Waals surface area contributed by atoms with E-state index in [1.165, 1.54) is 38.2 Å². The maximum atomic E-state index is 11.5. The van der Waals surface area contributed by atoms with E-state index in [1.807, 2.05) is 0 Å². The van der Waals surface area contributed by atoms with Gasteiger partial charge in [0.15, 0.2) is 0 Å². The molecule has 0 aliphatic heterocycles. The van der Waals surface area contributed by atoms with Gasteiger partial charge in [0.25, 0.3) is 0 Å². The van der Waals surface area contributed by atoms with Crippen molar-refractivity contribution in [2.24, 2.45) is 29.1 Å². The smallest absolute Gasteiger partial charge is 0.330 e. The van der Waals surface area contributed by atoms with E-state index in [0.717, 1.165) is 23.7 Å². The van der Waals surface area contributed by atoms with Crippen LogP contribution in [0.2, 0.25) is 0 Å². The Hall–Kier alpha value is -0.790. The highest BCUT2D eigenvalue weighted by molar-refractivity contribution is 5.81. The first-order chi connectivity index (χ1) is 8.54. The zero-order chi connectivity index (χ0) is 12.9. The van der Waals surface area contributed by atoms with Gasteiger partial charge < -0.3 is 4.74 Å². The van der Waals surface area contributed by atoms with Crippen molar-refractivity contribution in [3.63, 3.8) is 0 Å². The summed E-state index contributed by atoms with van der Waals surface area (Å²) in [6.45, 7) is 7.95. The van der Waals surface area contributed by atoms with Crippen LogP contribution < -0.4 is 0 Å². The van der Waals surface area contributed by atoms with Crippen LogP contribution >= 0.6 is 0 Å². The number of hydrogen-bond acceptors (Lipinski definition) is 2. The molecular weight excluding hydrogens is 224 g/mol. The highest BCUT2D eigenvalue weighted by Gasteiger charge is 2.57. The maximum absolute atomic E-state index is 11.5.